The van der Waals surface area contributed by atoms with E-state index >= 15 is 0 Å². The number of carbonyl (C=O) groups is 2. The Kier molecular flexibility index (Phi) is 25.4. The van der Waals surface area contributed by atoms with E-state index in [-0.39, 0.29) is 42.4 Å². The molecule has 164 valence electrons. The largest absolute Gasteiger partial charge is 1.00 e. The Balaban J connectivity index is 0. The van der Waals surface area contributed by atoms with Gasteiger partial charge in [0.15, 0.2) is 0 Å². The van der Waals surface area contributed by atoms with E-state index in [1.54, 1.807) is 0 Å². The van der Waals surface area contributed by atoms with Crippen LogP contribution in [-0.4, -0.2) is 24.6 Å². The van der Waals surface area contributed by atoms with E-state index in [4.69, 9.17) is 10.5 Å². The molecular formula is C23H42NNaO4. The summed E-state index contributed by atoms with van der Waals surface area (Å²) in [6.45, 7) is 2.61. The van der Waals surface area contributed by atoms with Crippen LogP contribution in [0, 0.1) is 0 Å². The molecule has 0 spiro atoms. The molecule has 5 nitrogen and oxygen atoms in total. The van der Waals surface area contributed by atoms with Crippen molar-refractivity contribution in [3.8, 4) is 0 Å². The van der Waals surface area contributed by atoms with Crippen LogP contribution in [0.4, 0.5) is 0 Å². The molecule has 0 rings (SSSR count). The minimum Gasteiger partial charge on any atom is -0.550 e. The molecule has 29 heavy (non-hydrogen) atoms. The zero-order valence-electron chi connectivity index (χ0n) is 19.0. The fourth-order valence-corrected chi connectivity index (χ4v) is 3.02. The molecule has 2 N–H and O–H groups in total. The third kappa shape index (κ3) is 23.8. The summed E-state index contributed by atoms with van der Waals surface area (Å²) in [4.78, 5) is 21.9. The van der Waals surface area contributed by atoms with Gasteiger partial charge >= 0.3 is 35.5 Å². The number of aliphatic carboxylic acids is 1. The summed E-state index contributed by atoms with van der Waals surface area (Å²) in [6, 6.07) is -0.869. The van der Waals surface area contributed by atoms with Crippen LogP contribution in [0.15, 0.2) is 12.2 Å². The van der Waals surface area contributed by atoms with Gasteiger partial charge in [-0.3, -0.25) is 4.79 Å². The molecule has 6 heteroatoms. The summed E-state index contributed by atoms with van der Waals surface area (Å²) >= 11 is 0. The maximum atomic E-state index is 11.5. The minimum absolute atomic E-state index is 0. The van der Waals surface area contributed by atoms with Crippen LogP contribution >= 0.6 is 0 Å². The molecule has 0 saturated heterocycles. The monoisotopic (exact) mass is 419 g/mol. The third-order valence-electron chi connectivity index (χ3n) is 4.86. The summed E-state index contributed by atoms with van der Waals surface area (Å²) < 4.78 is 5.07. The van der Waals surface area contributed by atoms with Gasteiger partial charge in [0.2, 0.25) is 0 Å². The Morgan fingerprint density at radius 2 is 1.34 bits per heavy atom. The van der Waals surface area contributed by atoms with Crippen molar-refractivity contribution in [2.45, 2.75) is 116 Å². The first-order valence-electron chi connectivity index (χ1n) is 11.3. The molecule has 1 atom stereocenters. The van der Waals surface area contributed by atoms with E-state index in [9.17, 15) is 14.7 Å². The van der Waals surface area contributed by atoms with E-state index in [1.807, 2.05) is 0 Å². The maximum absolute atomic E-state index is 11.5. The van der Waals surface area contributed by atoms with Gasteiger partial charge in [-0.15, -0.1) is 0 Å². The molecule has 0 aliphatic heterocycles. The number of nitrogens with two attached hydrogens (primary N) is 1. The SMILES string of the molecule is CCCCCCCC/C=C\CCCCCCCCOC(=O)[C@@H](N)CCC(=O)[O-].[Na+]. The minimum atomic E-state index is -1.20. The zero-order chi connectivity index (χ0) is 20.9. The molecule has 0 amide bonds. The molecule has 0 heterocycles. The number of unbranched alkanes of at least 4 members (excludes halogenated alkanes) is 12. The van der Waals surface area contributed by atoms with Crippen LogP contribution in [0.25, 0.3) is 0 Å². The van der Waals surface area contributed by atoms with Crippen LogP contribution in [0.1, 0.15) is 110 Å². The first kappa shape index (κ1) is 30.8. The zero-order valence-corrected chi connectivity index (χ0v) is 21.0. The van der Waals surface area contributed by atoms with Gasteiger partial charge in [0.25, 0.3) is 0 Å². The van der Waals surface area contributed by atoms with Crippen molar-refractivity contribution in [3.63, 3.8) is 0 Å². The van der Waals surface area contributed by atoms with Gasteiger partial charge in [0, 0.05) is 5.97 Å². The van der Waals surface area contributed by atoms with Crippen LogP contribution < -0.4 is 40.4 Å². The van der Waals surface area contributed by atoms with Crippen LogP contribution in [-0.2, 0) is 14.3 Å². The van der Waals surface area contributed by atoms with Gasteiger partial charge in [0.1, 0.15) is 6.04 Å². The predicted octanol–water partition coefficient (Wildman–Crippen LogP) is 1.43. The summed E-state index contributed by atoms with van der Waals surface area (Å²) in [7, 11) is 0. The number of allylic oxidation sites excluding steroid dienone is 2. The first-order chi connectivity index (χ1) is 13.6. The molecule has 0 fully saturated rings. The first-order valence-corrected chi connectivity index (χ1v) is 11.3. The quantitative estimate of drug-likeness (QED) is 0.139. The average Bonchev–Trinajstić information content (AvgIpc) is 2.68. The van der Waals surface area contributed by atoms with E-state index in [0.29, 0.717) is 6.61 Å². The van der Waals surface area contributed by atoms with E-state index in [2.05, 4.69) is 19.1 Å². The number of hydrogen-bond donors (Lipinski definition) is 1. The molecule has 0 radical (unpaired) electrons. The van der Waals surface area contributed by atoms with Crippen molar-refractivity contribution < 1.29 is 49.0 Å². The summed E-state index contributed by atoms with van der Waals surface area (Å²) in [6.07, 6.45) is 21.8. The van der Waals surface area contributed by atoms with Crippen LogP contribution in [0.3, 0.4) is 0 Å². The molecule has 0 aromatic carbocycles. The van der Waals surface area contributed by atoms with Gasteiger partial charge in [-0.25, -0.2) is 0 Å². The summed E-state index contributed by atoms with van der Waals surface area (Å²) in [5.74, 6) is -1.72. The van der Waals surface area contributed by atoms with E-state index in [0.717, 1.165) is 19.3 Å². The number of carboxylic acids is 1. The molecule has 0 aliphatic carbocycles. The number of hydrogen-bond acceptors (Lipinski definition) is 5. The van der Waals surface area contributed by atoms with Crippen molar-refractivity contribution in [1.29, 1.82) is 0 Å². The van der Waals surface area contributed by atoms with E-state index in [1.165, 1.54) is 70.6 Å². The molecule has 0 saturated carbocycles. The molecule has 0 bridgehead atoms. The Morgan fingerprint density at radius 1 is 0.862 bits per heavy atom. The van der Waals surface area contributed by atoms with E-state index < -0.39 is 18.0 Å². The Labute approximate surface area is 200 Å². The van der Waals surface area contributed by atoms with Crippen molar-refractivity contribution in [2.24, 2.45) is 5.73 Å². The maximum Gasteiger partial charge on any atom is 1.00 e. The third-order valence-corrected chi connectivity index (χ3v) is 4.86. The number of carbonyl (C=O) groups excluding carboxylic acids is 2. The topological polar surface area (TPSA) is 92.5 Å². The smallest absolute Gasteiger partial charge is 0.550 e. The molecule has 0 unspecified atom stereocenters. The molecule has 0 aromatic heterocycles. The average molecular weight is 420 g/mol. The van der Waals surface area contributed by atoms with Crippen LogP contribution in [0.5, 0.6) is 0 Å². The molecule has 0 aromatic rings. The number of carboxylic acid groups (broad SMARTS) is 1. The Morgan fingerprint density at radius 3 is 1.86 bits per heavy atom. The van der Waals surface area contributed by atoms with Gasteiger partial charge in [0.05, 0.1) is 6.61 Å². The van der Waals surface area contributed by atoms with Crippen molar-refractivity contribution in [1.82, 2.24) is 0 Å². The van der Waals surface area contributed by atoms with Crippen LogP contribution in [0.2, 0.25) is 0 Å². The summed E-state index contributed by atoms with van der Waals surface area (Å²) in [5, 5.41) is 10.3. The van der Waals surface area contributed by atoms with Crippen molar-refractivity contribution in [3.05, 3.63) is 12.2 Å². The number of ether oxygens (including phenoxy) is 1. The normalized spacial score (nSPS) is 11.9. The van der Waals surface area contributed by atoms with Gasteiger partial charge in [-0.2, -0.15) is 0 Å². The second-order valence-electron chi connectivity index (χ2n) is 7.62. The Bertz CT molecular complexity index is 416. The Hall–Kier alpha value is -0.360. The summed E-state index contributed by atoms with van der Waals surface area (Å²) in [5.41, 5.74) is 5.57. The van der Waals surface area contributed by atoms with Crippen molar-refractivity contribution >= 4 is 11.9 Å². The second-order valence-corrected chi connectivity index (χ2v) is 7.62. The molecular weight excluding hydrogens is 377 g/mol. The van der Waals surface area contributed by atoms with Gasteiger partial charge in [-0.1, -0.05) is 76.9 Å². The fourth-order valence-electron chi connectivity index (χ4n) is 3.02. The number of esters is 1. The second kappa shape index (κ2) is 23.9. The number of rotatable bonds is 20. The standard InChI is InChI=1S/C23H43NO4.Na/c1-2-3-4-5-6-7-8-9-10-11-12-13-14-15-16-17-20-28-23(27)21(24)18-19-22(25)26;/h9-10,21H,2-8,11-20,24H2,1H3,(H,25,26);/q;+1/p-1/b10-9-;/t21-;/m0./s1. The fraction of sp³-hybridized carbons (Fsp3) is 0.826. The van der Waals surface area contributed by atoms with Gasteiger partial charge in [-0.05, 0) is 44.9 Å². The van der Waals surface area contributed by atoms with Gasteiger partial charge < -0.3 is 20.4 Å². The predicted molar refractivity (Wildman–Crippen MR) is 113 cm³/mol. The van der Waals surface area contributed by atoms with Crippen molar-refractivity contribution in [2.75, 3.05) is 6.61 Å². The molecule has 0 aliphatic rings.